The summed E-state index contributed by atoms with van der Waals surface area (Å²) < 4.78 is 0. The maximum atomic E-state index is 6.12. The number of fused-ring (bicyclic) bond motifs is 2. The molecule has 2 unspecified atom stereocenters. The molecule has 2 aliphatic heterocycles. The molecule has 4 heteroatoms. The van der Waals surface area contributed by atoms with Gasteiger partial charge in [0.1, 0.15) is 0 Å². The maximum Gasteiger partial charge on any atom is 0.186 e. The molecule has 1 aromatic rings. The van der Waals surface area contributed by atoms with Crippen LogP contribution >= 0.6 is 11.3 Å². The molecule has 0 spiro atoms. The fourth-order valence-electron chi connectivity index (χ4n) is 3.49. The average Bonchev–Trinajstić information content (AvgIpc) is 2.98. The van der Waals surface area contributed by atoms with Crippen molar-refractivity contribution in [3.05, 3.63) is 11.1 Å². The minimum Gasteiger partial charge on any atom is -0.342 e. The number of nitrogens with two attached hydrogens (primary N) is 1. The fraction of sp³-hybridized carbons (Fsp3) is 0.769. The van der Waals surface area contributed by atoms with Gasteiger partial charge in [-0.1, -0.05) is 0 Å². The number of piperidine rings is 1. The summed E-state index contributed by atoms with van der Waals surface area (Å²) in [7, 11) is 0. The summed E-state index contributed by atoms with van der Waals surface area (Å²) in [5.74, 6) is 0.782. The number of thiazole rings is 1. The van der Waals surface area contributed by atoms with Crippen molar-refractivity contribution in [1.29, 1.82) is 0 Å². The Kier molecular flexibility index (Phi) is 2.24. The van der Waals surface area contributed by atoms with Crippen molar-refractivity contribution >= 4 is 16.5 Å². The van der Waals surface area contributed by atoms with E-state index in [-0.39, 0.29) is 0 Å². The van der Waals surface area contributed by atoms with Gasteiger partial charge in [0.05, 0.1) is 5.69 Å². The third-order valence-electron chi connectivity index (χ3n) is 4.50. The standard InChI is InChI=1S/C13H19N3S/c14-9-5-10-3-4-11(6-9)16(10)13-15-12(7-17-13)8-1-2-8/h7-11H,1-6,14H2. The van der Waals surface area contributed by atoms with Crippen molar-refractivity contribution in [2.45, 2.75) is 62.6 Å². The van der Waals surface area contributed by atoms with Crippen LogP contribution in [0.15, 0.2) is 5.38 Å². The lowest BCUT2D eigenvalue weighted by Crippen LogP contribution is -2.47. The summed E-state index contributed by atoms with van der Waals surface area (Å²) in [6.45, 7) is 0. The summed E-state index contributed by atoms with van der Waals surface area (Å²) in [6.07, 6.45) is 7.65. The lowest BCUT2D eigenvalue weighted by atomic mass is 9.99. The Morgan fingerprint density at radius 3 is 2.53 bits per heavy atom. The molecule has 4 rings (SSSR count). The molecule has 3 fully saturated rings. The predicted molar refractivity (Wildman–Crippen MR) is 70.6 cm³/mol. The van der Waals surface area contributed by atoms with Crippen molar-refractivity contribution in [1.82, 2.24) is 4.98 Å². The number of hydrogen-bond acceptors (Lipinski definition) is 4. The van der Waals surface area contributed by atoms with E-state index in [1.54, 1.807) is 0 Å². The van der Waals surface area contributed by atoms with Crippen LogP contribution in [0.25, 0.3) is 0 Å². The second kappa shape index (κ2) is 3.69. The Hall–Kier alpha value is -0.610. The van der Waals surface area contributed by atoms with E-state index in [1.807, 2.05) is 11.3 Å². The quantitative estimate of drug-likeness (QED) is 0.875. The van der Waals surface area contributed by atoms with E-state index in [0.717, 1.165) is 18.8 Å². The Balaban J connectivity index is 1.61. The smallest absolute Gasteiger partial charge is 0.186 e. The molecule has 3 aliphatic rings. The van der Waals surface area contributed by atoms with E-state index < -0.39 is 0 Å². The van der Waals surface area contributed by atoms with Gasteiger partial charge in [-0.25, -0.2) is 4.98 Å². The molecular weight excluding hydrogens is 230 g/mol. The third-order valence-corrected chi connectivity index (χ3v) is 5.37. The molecule has 0 amide bonds. The van der Waals surface area contributed by atoms with Gasteiger partial charge in [-0.2, -0.15) is 0 Å². The van der Waals surface area contributed by atoms with Gasteiger partial charge >= 0.3 is 0 Å². The van der Waals surface area contributed by atoms with Gasteiger partial charge in [0, 0.05) is 29.4 Å². The molecule has 0 aromatic carbocycles. The normalized spacial score (nSPS) is 36.5. The maximum absolute atomic E-state index is 6.12. The van der Waals surface area contributed by atoms with Crippen molar-refractivity contribution in [3.8, 4) is 0 Å². The minimum absolute atomic E-state index is 0.423. The van der Waals surface area contributed by atoms with Crippen molar-refractivity contribution in [2.75, 3.05) is 4.90 Å². The second-order valence-corrected chi connectivity index (χ2v) is 6.69. The van der Waals surface area contributed by atoms with Crippen molar-refractivity contribution in [3.63, 3.8) is 0 Å². The lowest BCUT2D eigenvalue weighted by Gasteiger charge is -2.37. The molecule has 0 radical (unpaired) electrons. The van der Waals surface area contributed by atoms with Crippen molar-refractivity contribution in [2.24, 2.45) is 5.73 Å². The van der Waals surface area contributed by atoms with Crippen LogP contribution in [-0.2, 0) is 0 Å². The van der Waals surface area contributed by atoms with Crippen LogP contribution in [0.5, 0.6) is 0 Å². The van der Waals surface area contributed by atoms with E-state index in [9.17, 15) is 0 Å². The first-order valence-electron chi connectivity index (χ1n) is 6.80. The Morgan fingerprint density at radius 2 is 1.88 bits per heavy atom. The number of hydrogen-bond donors (Lipinski definition) is 1. The highest BCUT2D eigenvalue weighted by Crippen LogP contribution is 2.44. The third kappa shape index (κ3) is 1.69. The molecule has 2 N–H and O–H groups in total. The van der Waals surface area contributed by atoms with Crippen LogP contribution in [0.4, 0.5) is 5.13 Å². The van der Waals surface area contributed by atoms with Crippen molar-refractivity contribution < 1.29 is 0 Å². The Labute approximate surface area is 106 Å². The van der Waals surface area contributed by atoms with Crippen LogP contribution in [0, 0.1) is 0 Å². The number of rotatable bonds is 2. The molecular formula is C13H19N3S. The highest BCUT2D eigenvalue weighted by Gasteiger charge is 2.41. The lowest BCUT2D eigenvalue weighted by molar-refractivity contribution is 0.414. The van der Waals surface area contributed by atoms with Gasteiger partial charge in [-0.05, 0) is 38.5 Å². The van der Waals surface area contributed by atoms with Gasteiger partial charge in [0.2, 0.25) is 0 Å². The number of aromatic nitrogens is 1. The molecule has 3 nitrogen and oxygen atoms in total. The molecule has 3 heterocycles. The first-order chi connectivity index (χ1) is 8.31. The highest BCUT2D eigenvalue weighted by molar-refractivity contribution is 7.13. The molecule has 1 aromatic heterocycles. The summed E-state index contributed by atoms with van der Waals surface area (Å²) in [5.41, 5.74) is 7.46. The molecule has 1 aliphatic carbocycles. The topological polar surface area (TPSA) is 42.1 Å². The van der Waals surface area contributed by atoms with Crippen LogP contribution < -0.4 is 10.6 Å². The Morgan fingerprint density at radius 1 is 1.18 bits per heavy atom. The first kappa shape index (κ1) is 10.3. The zero-order valence-electron chi connectivity index (χ0n) is 10.0. The van der Waals surface area contributed by atoms with Crippen LogP contribution in [0.1, 0.15) is 50.1 Å². The molecule has 2 saturated heterocycles. The predicted octanol–water partition coefficient (Wildman–Crippen LogP) is 2.48. The van der Waals surface area contributed by atoms with Crippen LogP contribution in [0.2, 0.25) is 0 Å². The first-order valence-corrected chi connectivity index (χ1v) is 7.68. The van der Waals surface area contributed by atoms with Gasteiger partial charge in [-0.15, -0.1) is 11.3 Å². The van der Waals surface area contributed by atoms with E-state index in [4.69, 9.17) is 10.7 Å². The molecule has 2 atom stereocenters. The van der Waals surface area contributed by atoms with E-state index in [1.165, 1.54) is 36.5 Å². The van der Waals surface area contributed by atoms with Gasteiger partial charge < -0.3 is 10.6 Å². The van der Waals surface area contributed by atoms with Gasteiger partial charge in [-0.3, -0.25) is 0 Å². The Bertz CT molecular complexity index is 412. The summed E-state index contributed by atoms with van der Waals surface area (Å²) in [6, 6.07) is 1.76. The van der Waals surface area contributed by atoms with E-state index in [2.05, 4.69) is 10.3 Å². The largest absolute Gasteiger partial charge is 0.342 e. The van der Waals surface area contributed by atoms with Gasteiger partial charge in [0.25, 0.3) is 0 Å². The van der Waals surface area contributed by atoms with Gasteiger partial charge in [0.15, 0.2) is 5.13 Å². The minimum atomic E-state index is 0.423. The van der Waals surface area contributed by atoms with Crippen LogP contribution in [0.3, 0.4) is 0 Å². The molecule has 1 saturated carbocycles. The molecule has 92 valence electrons. The second-order valence-electron chi connectivity index (χ2n) is 5.85. The average molecular weight is 249 g/mol. The molecule has 2 bridgehead atoms. The summed E-state index contributed by atoms with van der Waals surface area (Å²) in [5, 5.41) is 3.55. The van der Waals surface area contributed by atoms with E-state index in [0.29, 0.717) is 18.1 Å². The number of anilines is 1. The summed E-state index contributed by atoms with van der Waals surface area (Å²) >= 11 is 1.85. The van der Waals surface area contributed by atoms with Crippen LogP contribution in [-0.4, -0.2) is 23.1 Å². The monoisotopic (exact) mass is 249 g/mol. The molecule has 17 heavy (non-hydrogen) atoms. The van der Waals surface area contributed by atoms with E-state index >= 15 is 0 Å². The SMILES string of the molecule is NC1CC2CCC(C1)N2c1nc(C2CC2)cs1. The zero-order valence-corrected chi connectivity index (χ0v) is 10.8. The summed E-state index contributed by atoms with van der Waals surface area (Å²) in [4.78, 5) is 7.45. The number of nitrogens with zero attached hydrogens (tertiary/aromatic N) is 2. The zero-order chi connectivity index (χ0) is 11.4. The highest BCUT2D eigenvalue weighted by atomic mass is 32.1. The fourth-order valence-corrected chi connectivity index (χ4v) is 4.54.